The van der Waals surface area contributed by atoms with Crippen molar-refractivity contribution in [1.29, 1.82) is 0 Å². The highest BCUT2D eigenvalue weighted by molar-refractivity contribution is 7.99. The van der Waals surface area contributed by atoms with Crippen LogP contribution in [0.3, 0.4) is 0 Å². The molecule has 0 radical (unpaired) electrons. The van der Waals surface area contributed by atoms with Crippen molar-refractivity contribution < 1.29 is 0 Å². The number of rotatable bonds is 4. The van der Waals surface area contributed by atoms with Gasteiger partial charge in [0.2, 0.25) is 0 Å². The number of hydrogen-bond acceptors (Lipinski definition) is 5. The molecule has 0 aliphatic heterocycles. The maximum Gasteiger partial charge on any atom is 0.188 e. The van der Waals surface area contributed by atoms with Gasteiger partial charge in [-0.3, -0.25) is 10.1 Å². The minimum absolute atomic E-state index is 0.268. The molecule has 0 bridgehead atoms. The topological polar surface area (TPSA) is 66.5 Å². The molecule has 84 valence electrons. The van der Waals surface area contributed by atoms with Crippen molar-refractivity contribution in [3.8, 4) is 0 Å². The predicted molar refractivity (Wildman–Crippen MR) is 62.2 cm³/mol. The maximum absolute atomic E-state index is 4.38. The van der Waals surface area contributed by atoms with Crippen LogP contribution in [0.4, 0.5) is 0 Å². The molecule has 0 saturated heterocycles. The highest BCUT2D eigenvalue weighted by Gasteiger charge is 2.05. The molecule has 2 aromatic heterocycles. The third kappa shape index (κ3) is 2.59. The van der Waals surface area contributed by atoms with Crippen LogP contribution < -0.4 is 5.32 Å². The van der Waals surface area contributed by atoms with Crippen LogP contribution in [0.2, 0.25) is 0 Å². The lowest BCUT2D eigenvalue weighted by Crippen LogP contribution is -2.13. The van der Waals surface area contributed by atoms with Crippen LogP contribution in [0.15, 0.2) is 34.7 Å². The Labute approximate surface area is 98.1 Å². The van der Waals surface area contributed by atoms with E-state index in [0.717, 1.165) is 15.7 Å². The standard InChI is InChI=1S/C10H13N5S/c1-7(11-2)9-4-3-8(5-12-9)16-10-13-6-14-15-10/h3-7,11H,1-2H3,(H,13,14,15). The molecule has 1 atom stereocenters. The van der Waals surface area contributed by atoms with Crippen LogP contribution in [-0.4, -0.2) is 27.2 Å². The smallest absolute Gasteiger partial charge is 0.188 e. The Balaban J connectivity index is 2.07. The second-order valence-electron chi connectivity index (χ2n) is 3.32. The Morgan fingerprint density at radius 1 is 1.38 bits per heavy atom. The van der Waals surface area contributed by atoms with Gasteiger partial charge in [-0.15, -0.1) is 0 Å². The van der Waals surface area contributed by atoms with E-state index >= 15 is 0 Å². The molecule has 0 aromatic carbocycles. The molecule has 0 aliphatic rings. The fourth-order valence-electron chi connectivity index (χ4n) is 1.21. The van der Waals surface area contributed by atoms with Gasteiger partial charge in [0.05, 0.1) is 5.69 Å². The molecule has 2 rings (SSSR count). The molecular formula is C10H13N5S. The Morgan fingerprint density at radius 3 is 2.81 bits per heavy atom. The summed E-state index contributed by atoms with van der Waals surface area (Å²) >= 11 is 1.51. The van der Waals surface area contributed by atoms with Crippen LogP contribution in [0.25, 0.3) is 0 Å². The van der Waals surface area contributed by atoms with Crippen molar-refractivity contribution >= 4 is 11.8 Å². The molecule has 1 unspecified atom stereocenters. The summed E-state index contributed by atoms with van der Waals surface area (Å²) in [5.74, 6) is 0. The number of hydrogen-bond donors (Lipinski definition) is 2. The molecule has 2 heterocycles. The number of H-pyrrole nitrogens is 1. The third-order valence-corrected chi connectivity index (χ3v) is 3.11. The second-order valence-corrected chi connectivity index (χ2v) is 4.38. The van der Waals surface area contributed by atoms with E-state index < -0.39 is 0 Å². The number of aromatic amines is 1. The first kappa shape index (κ1) is 11.1. The molecule has 0 saturated carbocycles. The number of nitrogens with zero attached hydrogens (tertiary/aromatic N) is 3. The fraction of sp³-hybridized carbons (Fsp3) is 0.300. The lowest BCUT2D eigenvalue weighted by molar-refractivity contribution is 0.631. The van der Waals surface area contributed by atoms with E-state index in [1.54, 1.807) is 0 Å². The summed E-state index contributed by atoms with van der Waals surface area (Å²) in [6.07, 6.45) is 3.34. The first-order valence-corrected chi connectivity index (χ1v) is 5.77. The summed E-state index contributed by atoms with van der Waals surface area (Å²) in [6.45, 7) is 2.07. The molecule has 0 spiro atoms. The first-order valence-electron chi connectivity index (χ1n) is 4.96. The van der Waals surface area contributed by atoms with Crippen LogP contribution in [0, 0.1) is 0 Å². The predicted octanol–water partition coefficient (Wildman–Crippen LogP) is 1.63. The molecule has 2 N–H and O–H groups in total. The Morgan fingerprint density at radius 2 is 2.25 bits per heavy atom. The van der Waals surface area contributed by atoms with E-state index in [1.807, 2.05) is 25.4 Å². The summed E-state index contributed by atoms with van der Waals surface area (Å²) in [6, 6.07) is 4.31. The van der Waals surface area contributed by atoms with Gasteiger partial charge in [-0.1, -0.05) is 0 Å². The van der Waals surface area contributed by atoms with Crippen LogP contribution in [-0.2, 0) is 0 Å². The van der Waals surface area contributed by atoms with Gasteiger partial charge < -0.3 is 5.32 Å². The van der Waals surface area contributed by atoms with Crippen LogP contribution >= 0.6 is 11.8 Å². The summed E-state index contributed by atoms with van der Waals surface area (Å²) in [4.78, 5) is 9.47. The lowest BCUT2D eigenvalue weighted by Gasteiger charge is -2.09. The number of nitrogens with one attached hydrogen (secondary N) is 2. The highest BCUT2D eigenvalue weighted by Crippen LogP contribution is 2.23. The van der Waals surface area contributed by atoms with Gasteiger partial charge in [0.25, 0.3) is 0 Å². The molecule has 16 heavy (non-hydrogen) atoms. The van der Waals surface area contributed by atoms with E-state index in [0.29, 0.717) is 0 Å². The fourth-order valence-corrected chi connectivity index (χ4v) is 1.87. The van der Waals surface area contributed by atoms with Crippen LogP contribution in [0.5, 0.6) is 0 Å². The zero-order chi connectivity index (χ0) is 11.4. The lowest BCUT2D eigenvalue weighted by atomic mass is 10.2. The van der Waals surface area contributed by atoms with Crippen molar-refractivity contribution in [1.82, 2.24) is 25.5 Å². The normalized spacial score (nSPS) is 12.6. The van der Waals surface area contributed by atoms with Gasteiger partial charge in [-0.25, -0.2) is 4.98 Å². The first-order chi connectivity index (χ1) is 7.79. The SMILES string of the molecule is CNC(C)c1ccc(Sc2ncn[nH]2)cn1. The number of aromatic nitrogens is 4. The van der Waals surface area contributed by atoms with Crippen molar-refractivity contribution in [2.24, 2.45) is 0 Å². The minimum Gasteiger partial charge on any atom is -0.312 e. The van der Waals surface area contributed by atoms with E-state index in [-0.39, 0.29) is 6.04 Å². The van der Waals surface area contributed by atoms with Gasteiger partial charge in [0, 0.05) is 17.1 Å². The second kappa shape index (κ2) is 5.09. The van der Waals surface area contributed by atoms with Gasteiger partial charge in [-0.05, 0) is 37.9 Å². The zero-order valence-electron chi connectivity index (χ0n) is 9.14. The quantitative estimate of drug-likeness (QED) is 0.843. The highest BCUT2D eigenvalue weighted by atomic mass is 32.2. The summed E-state index contributed by atoms with van der Waals surface area (Å²) in [5.41, 5.74) is 1.03. The molecule has 2 aromatic rings. The van der Waals surface area contributed by atoms with Crippen molar-refractivity contribution in [3.05, 3.63) is 30.4 Å². The van der Waals surface area contributed by atoms with E-state index in [9.17, 15) is 0 Å². The molecule has 5 nitrogen and oxygen atoms in total. The van der Waals surface area contributed by atoms with Crippen molar-refractivity contribution in [3.63, 3.8) is 0 Å². The van der Waals surface area contributed by atoms with Gasteiger partial charge in [0.1, 0.15) is 6.33 Å². The Bertz CT molecular complexity index is 425. The van der Waals surface area contributed by atoms with Gasteiger partial charge in [-0.2, -0.15) is 5.10 Å². The molecule has 0 fully saturated rings. The monoisotopic (exact) mass is 235 g/mol. The molecule has 0 aliphatic carbocycles. The Kier molecular flexibility index (Phi) is 3.53. The van der Waals surface area contributed by atoms with Crippen molar-refractivity contribution in [2.45, 2.75) is 23.0 Å². The minimum atomic E-state index is 0.268. The molecular weight excluding hydrogens is 222 g/mol. The van der Waals surface area contributed by atoms with Gasteiger partial charge in [0.15, 0.2) is 5.16 Å². The van der Waals surface area contributed by atoms with Crippen LogP contribution in [0.1, 0.15) is 18.7 Å². The molecule has 0 amide bonds. The summed E-state index contributed by atoms with van der Waals surface area (Å²) in [7, 11) is 1.92. The van der Waals surface area contributed by atoms with E-state index in [2.05, 4.69) is 32.4 Å². The zero-order valence-corrected chi connectivity index (χ0v) is 9.95. The third-order valence-electron chi connectivity index (χ3n) is 2.24. The summed E-state index contributed by atoms with van der Waals surface area (Å²) < 4.78 is 0. The number of pyridine rings is 1. The van der Waals surface area contributed by atoms with Gasteiger partial charge >= 0.3 is 0 Å². The average Bonchev–Trinajstić information content (AvgIpc) is 2.82. The summed E-state index contributed by atoms with van der Waals surface area (Å²) in [5, 5.41) is 10.5. The average molecular weight is 235 g/mol. The van der Waals surface area contributed by atoms with E-state index in [4.69, 9.17) is 0 Å². The Hall–Kier alpha value is -1.40. The van der Waals surface area contributed by atoms with Crippen molar-refractivity contribution in [2.75, 3.05) is 7.05 Å². The van der Waals surface area contributed by atoms with E-state index in [1.165, 1.54) is 18.1 Å². The largest absolute Gasteiger partial charge is 0.312 e. The molecule has 6 heteroatoms. The maximum atomic E-state index is 4.38.